The van der Waals surface area contributed by atoms with Gasteiger partial charge in [-0.2, -0.15) is 0 Å². The van der Waals surface area contributed by atoms with Gasteiger partial charge in [-0.3, -0.25) is 4.79 Å². The van der Waals surface area contributed by atoms with Crippen molar-refractivity contribution in [1.82, 2.24) is 10.2 Å². The van der Waals surface area contributed by atoms with Gasteiger partial charge < -0.3 is 20.1 Å². The molecule has 2 amide bonds. The molecule has 116 valence electrons. The van der Waals surface area contributed by atoms with Crippen molar-refractivity contribution in [2.45, 2.75) is 52.7 Å². The minimum Gasteiger partial charge on any atom is -0.481 e. The number of nitrogens with zero attached hydrogens (tertiary/aromatic N) is 1. The summed E-state index contributed by atoms with van der Waals surface area (Å²) in [6.45, 7) is 8.76. The Balaban J connectivity index is 2.59. The average molecular weight is 286 g/mol. The number of amides is 2. The maximum absolute atomic E-state index is 12.2. The molecule has 1 fully saturated rings. The lowest BCUT2D eigenvalue weighted by Gasteiger charge is -2.36. The molecule has 0 aliphatic carbocycles. The highest BCUT2D eigenvalue weighted by molar-refractivity contribution is 5.78. The van der Waals surface area contributed by atoms with Crippen molar-refractivity contribution in [3.63, 3.8) is 0 Å². The molecule has 2 atom stereocenters. The van der Waals surface area contributed by atoms with Gasteiger partial charge in [-0.25, -0.2) is 4.79 Å². The van der Waals surface area contributed by atoms with E-state index < -0.39 is 11.4 Å². The highest BCUT2D eigenvalue weighted by atomic mass is 16.5. The molecular weight excluding hydrogens is 260 g/mol. The summed E-state index contributed by atoms with van der Waals surface area (Å²) in [6, 6.07) is -0.209. The fourth-order valence-corrected chi connectivity index (χ4v) is 2.58. The molecule has 0 bridgehead atoms. The molecule has 1 aliphatic rings. The first-order valence-corrected chi connectivity index (χ1v) is 7.26. The lowest BCUT2D eigenvalue weighted by molar-refractivity contribution is -0.149. The molecule has 0 spiro atoms. The number of hydrogen-bond donors (Lipinski definition) is 2. The van der Waals surface area contributed by atoms with Gasteiger partial charge in [0.25, 0.3) is 0 Å². The summed E-state index contributed by atoms with van der Waals surface area (Å²) in [5.41, 5.74) is -0.876. The molecule has 1 heterocycles. The quantitative estimate of drug-likeness (QED) is 0.806. The smallest absolute Gasteiger partial charge is 0.317 e. The molecule has 1 aliphatic heterocycles. The molecule has 0 aromatic rings. The SMILES string of the molecule is CCC(CC)(CNC(=O)N1C[C@@H](C)O[C@@H](C)C1)C(=O)O. The second-order valence-electron chi connectivity index (χ2n) is 5.61. The van der Waals surface area contributed by atoms with Crippen molar-refractivity contribution in [3.05, 3.63) is 0 Å². The summed E-state index contributed by atoms with van der Waals surface area (Å²) in [5, 5.41) is 12.1. The number of morpholine rings is 1. The van der Waals surface area contributed by atoms with Crippen molar-refractivity contribution in [1.29, 1.82) is 0 Å². The van der Waals surface area contributed by atoms with Crippen LogP contribution in [-0.4, -0.2) is 53.8 Å². The third-order valence-electron chi connectivity index (χ3n) is 4.09. The van der Waals surface area contributed by atoms with Crippen molar-refractivity contribution >= 4 is 12.0 Å². The Labute approximate surface area is 120 Å². The number of carboxylic acids is 1. The van der Waals surface area contributed by atoms with Gasteiger partial charge in [0.15, 0.2) is 0 Å². The Morgan fingerprint density at radius 1 is 1.25 bits per heavy atom. The Morgan fingerprint density at radius 2 is 1.75 bits per heavy atom. The molecule has 1 rings (SSSR count). The third-order valence-corrected chi connectivity index (χ3v) is 4.09. The van der Waals surface area contributed by atoms with Gasteiger partial charge >= 0.3 is 12.0 Å². The fraction of sp³-hybridized carbons (Fsp3) is 0.857. The summed E-state index contributed by atoms with van der Waals surface area (Å²) >= 11 is 0. The van der Waals surface area contributed by atoms with Crippen molar-refractivity contribution in [3.8, 4) is 0 Å². The van der Waals surface area contributed by atoms with Gasteiger partial charge in [0.1, 0.15) is 0 Å². The van der Waals surface area contributed by atoms with Gasteiger partial charge in [-0.15, -0.1) is 0 Å². The average Bonchev–Trinajstić information content (AvgIpc) is 2.38. The van der Waals surface area contributed by atoms with Crippen LogP contribution in [0.2, 0.25) is 0 Å². The molecular formula is C14H26N2O4. The van der Waals surface area contributed by atoms with Gasteiger partial charge in [0, 0.05) is 19.6 Å². The van der Waals surface area contributed by atoms with Crippen LogP contribution in [0.3, 0.4) is 0 Å². The number of hydrogen-bond acceptors (Lipinski definition) is 3. The predicted molar refractivity (Wildman–Crippen MR) is 75.6 cm³/mol. The summed E-state index contributed by atoms with van der Waals surface area (Å²) in [5.74, 6) is -0.855. The minimum absolute atomic E-state index is 0.00563. The number of aliphatic carboxylic acids is 1. The van der Waals surface area contributed by atoms with E-state index in [-0.39, 0.29) is 24.8 Å². The Bertz CT molecular complexity index is 345. The van der Waals surface area contributed by atoms with Crippen LogP contribution < -0.4 is 5.32 Å². The number of rotatable bonds is 5. The molecule has 0 saturated carbocycles. The summed E-state index contributed by atoms with van der Waals surface area (Å²) in [4.78, 5) is 25.2. The normalized spacial score (nSPS) is 23.5. The van der Waals surface area contributed by atoms with E-state index in [2.05, 4.69) is 5.32 Å². The number of carbonyl (C=O) groups is 2. The maximum atomic E-state index is 12.2. The number of carboxylic acid groups (broad SMARTS) is 1. The number of ether oxygens (including phenoxy) is 1. The van der Waals surface area contributed by atoms with Crippen LogP contribution in [0.5, 0.6) is 0 Å². The Hall–Kier alpha value is -1.30. The molecule has 20 heavy (non-hydrogen) atoms. The van der Waals surface area contributed by atoms with E-state index in [0.717, 1.165) is 0 Å². The molecule has 0 aromatic carbocycles. The van der Waals surface area contributed by atoms with Crippen LogP contribution in [0, 0.1) is 5.41 Å². The van der Waals surface area contributed by atoms with Crippen LogP contribution in [0.4, 0.5) is 4.79 Å². The summed E-state index contributed by atoms with van der Waals surface area (Å²) in [6.07, 6.45) is 1.00. The molecule has 2 N–H and O–H groups in total. The minimum atomic E-state index is -0.876. The second kappa shape index (κ2) is 6.92. The van der Waals surface area contributed by atoms with Crippen LogP contribution in [0.1, 0.15) is 40.5 Å². The highest BCUT2D eigenvalue weighted by Crippen LogP contribution is 2.25. The predicted octanol–water partition coefficient (Wildman–Crippen LogP) is 1.70. The number of carbonyl (C=O) groups excluding carboxylic acids is 1. The number of nitrogens with one attached hydrogen (secondary N) is 1. The standard InChI is InChI=1S/C14H26N2O4/c1-5-14(6-2,12(17)18)9-15-13(19)16-7-10(3)20-11(4)8-16/h10-11H,5-9H2,1-4H3,(H,15,19)(H,17,18)/t10-,11+. The highest BCUT2D eigenvalue weighted by Gasteiger charge is 2.36. The van der Waals surface area contributed by atoms with Gasteiger partial charge in [0.05, 0.1) is 17.6 Å². The topological polar surface area (TPSA) is 78.9 Å². The lowest BCUT2D eigenvalue weighted by atomic mass is 9.82. The van der Waals surface area contributed by atoms with Gasteiger partial charge in [-0.1, -0.05) is 13.8 Å². The van der Waals surface area contributed by atoms with Gasteiger partial charge in [0.2, 0.25) is 0 Å². The van der Waals surface area contributed by atoms with Crippen molar-refractivity contribution in [2.24, 2.45) is 5.41 Å². The largest absolute Gasteiger partial charge is 0.481 e. The van der Waals surface area contributed by atoms with Crippen LogP contribution in [0.15, 0.2) is 0 Å². The third kappa shape index (κ3) is 3.85. The zero-order valence-electron chi connectivity index (χ0n) is 12.8. The van der Waals surface area contributed by atoms with Crippen molar-refractivity contribution < 1.29 is 19.4 Å². The molecule has 1 saturated heterocycles. The van der Waals surface area contributed by atoms with Crippen LogP contribution in [0.25, 0.3) is 0 Å². The molecule has 6 nitrogen and oxygen atoms in total. The molecule has 0 aromatic heterocycles. The first kappa shape index (κ1) is 16.8. The van der Waals surface area contributed by atoms with Crippen molar-refractivity contribution in [2.75, 3.05) is 19.6 Å². The van der Waals surface area contributed by atoms with E-state index in [1.165, 1.54) is 0 Å². The monoisotopic (exact) mass is 286 g/mol. The first-order valence-electron chi connectivity index (χ1n) is 7.26. The summed E-state index contributed by atoms with van der Waals surface area (Å²) in [7, 11) is 0. The molecule has 0 unspecified atom stereocenters. The van der Waals surface area contributed by atoms with E-state index in [0.29, 0.717) is 25.9 Å². The summed E-state index contributed by atoms with van der Waals surface area (Å²) < 4.78 is 5.58. The zero-order chi connectivity index (χ0) is 15.3. The van der Waals surface area contributed by atoms with E-state index in [9.17, 15) is 14.7 Å². The van der Waals surface area contributed by atoms with E-state index in [1.54, 1.807) is 4.90 Å². The van der Waals surface area contributed by atoms with Gasteiger partial charge in [-0.05, 0) is 26.7 Å². The lowest BCUT2D eigenvalue weighted by Crippen LogP contribution is -2.53. The Kier molecular flexibility index (Phi) is 5.80. The van der Waals surface area contributed by atoms with E-state index in [1.807, 2.05) is 27.7 Å². The fourth-order valence-electron chi connectivity index (χ4n) is 2.58. The first-order chi connectivity index (χ1) is 9.34. The molecule has 0 radical (unpaired) electrons. The van der Waals surface area contributed by atoms with Crippen LogP contribution in [-0.2, 0) is 9.53 Å². The maximum Gasteiger partial charge on any atom is 0.317 e. The second-order valence-corrected chi connectivity index (χ2v) is 5.61. The van der Waals surface area contributed by atoms with E-state index in [4.69, 9.17) is 4.74 Å². The van der Waals surface area contributed by atoms with E-state index >= 15 is 0 Å². The zero-order valence-corrected chi connectivity index (χ0v) is 12.8. The van der Waals surface area contributed by atoms with Crippen LogP contribution >= 0.6 is 0 Å². The Morgan fingerprint density at radius 3 is 2.15 bits per heavy atom. The molecule has 6 heteroatoms. The number of urea groups is 1.